The van der Waals surface area contributed by atoms with E-state index in [0.717, 1.165) is 30.5 Å². The van der Waals surface area contributed by atoms with Crippen LogP contribution in [0.25, 0.3) is 0 Å². The summed E-state index contributed by atoms with van der Waals surface area (Å²) in [5.41, 5.74) is 10.1. The Morgan fingerprint density at radius 2 is 1.82 bits per heavy atom. The van der Waals surface area contributed by atoms with Crippen LogP contribution in [0, 0.1) is 0 Å². The van der Waals surface area contributed by atoms with Crippen LogP contribution in [0.5, 0.6) is 0 Å². The lowest BCUT2D eigenvalue weighted by Crippen LogP contribution is -2.41. The lowest BCUT2D eigenvalue weighted by Gasteiger charge is -2.25. The standard InChI is InChI=1S/C18H21N3O/c19-12-13-5-8-16(9-6-13)20-18(22)21-17-10-7-14-3-1-2-4-15(14)11-17/h1-6,8-9,17H,7,10-12,19H2,(H2,20,21,22). The zero-order valence-corrected chi connectivity index (χ0v) is 12.5. The molecule has 4 heteroatoms. The number of urea groups is 1. The zero-order chi connectivity index (χ0) is 15.4. The molecule has 0 fully saturated rings. The Morgan fingerprint density at radius 3 is 2.55 bits per heavy atom. The largest absolute Gasteiger partial charge is 0.335 e. The minimum Gasteiger partial charge on any atom is -0.335 e. The normalized spacial score (nSPS) is 16.7. The molecule has 0 heterocycles. The zero-order valence-electron chi connectivity index (χ0n) is 12.5. The van der Waals surface area contributed by atoms with Gasteiger partial charge < -0.3 is 16.4 Å². The van der Waals surface area contributed by atoms with E-state index in [4.69, 9.17) is 5.73 Å². The lowest BCUT2D eigenvalue weighted by atomic mass is 9.88. The first-order valence-corrected chi connectivity index (χ1v) is 7.68. The summed E-state index contributed by atoms with van der Waals surface area (Å²) in [7, 11) is 0. The summed E-state index contributed by atoms with van der Waals surface area (Å²) in [6, 6.07) is 16.1. The molecule has 4 nitrogen and oxygen atoms in total. The van der Waals surface area contributed by atoms with E-state index >= 15 is 0 Å². The molecule has 22 heavy (non-hydrogen) atoms. The fraction of sp³-hybridized carbons (Fsp3) is 0.278. The van der Waals surface area contributed by atoms with Gasteiger partial charge in [-0.1, -0.05) is 36.4 Å². The second-order valence-corrected chi connectivity index (χ2v) is 5.71. The Kier molecular flexibility index (Phi) is 4.39. The Morgan fingerprint density at radius 1 is 1.09 bits per heavy atom. The highest BCUT2D eigenvalue weighted by molar-refractivity contribution is 5.89. The van der Waals surface area contributed by atoms with E-state index in [9.17, 15) is 4.79 Å². The summed E-state index contributed by atoms with van der Waals surface area (Å²) in [6.07, 6.45) is 2.90. The van der Waals surface area contributed by atoms with Crippen LogP contribution in [-0.4, -0.2) is 12.1 Å². The van der Waals surface area contributed by atoms with E-state index in [0.29, 0.717) is 6.54 Å². The molecule has 0 aliphatic heterocycles. The molecule has 0 spiro atoms. The van der Waals surface area contributed by atoms with E-state index in [1.165, 1.54) is 11.1 Å². The number of anilines is 1. The first-order chi connectivity index (χ1) is 10.7. The number of hydrogen-bond donors (Lipinski definition) is 3. The van der Waals surface area contributed by atoms with Gasteiger partial charge in [0.15, 0.2) is 0 Å². The molecule has 1 aliphatic rings. The van der Waals surface area contributed by atoms with Crippen LogP contribution in [0.1, 0.15) is 23.1 Å². The smallest absolute Gasteiger partial charge is 0.319 e. The topological polar surface area (TPSA) is 67.1 Å². The molecular weight excluding hydrogens is 274 g/mol. The number of benzene rings is 2. The quantitative estimate of drug-likeness (QED) is 0.815. The van der Waals surface area contributed by atoms with E-state index < -0.39 is 0 Å². The molecule has 0 aromatic heterocycles. The van der Waals surface area contributed by atoms with Crippen molar-refractivity contribution in [3.8, 4) is 0 Å². The fourth-order valence-corrected chi connectivity index (χ4v) is 2.90. The Balaban J connectivity index is 1.56. The molecule has 3 rings (SSSR count). The van der Waals surface area contributed by atoms with Gasteiger partial charge in [-0.25, -0.2) is 4.79 Å². The minimum atomic E-state index is -0.148. The summed E-state index contributed by atoms with van der Waals surface area (Å²) in [6.45, 7) is 0.508. The second kappa shape index (κ2) is 6.62. The van der Waals surface area contributed by atoms with Crippen LogP contribution >= 0.6 is 0 Å². The van der Waals surface area contributed by atoms with E-state index in [2.05, 4.69) is 34.9 Å². The predicted molar refractivity (Wildman–Crippen MR) is 88.7 cm³/mol. The van der Waals surface area contributed by atoms with Crippen molar-refractivity contribution >= 4 is 11.7 Å². The monoisotopic (exact) mass is 295 g/mol. The summed E-state index contributed by atoms with van der Waals surface area (Å²) in [5, 5.41) is 5.94. The van der Waals surface area contributed by atoms with Gasteiger partial charge in [-0.05, 0) is 48.1 Å². The van der Waals surface area contributed by atoms with Crippen molar-refractivity contribution in [3.63, 3.8) is 0 Å². The van der Waals surface area contributed by atoms with Gasteiger partial charge in [-0.3, -0.25) is 0 Å². The van der Waals surface area contributed by atoms with E-state index in [1.54, 1.807) is 0 Å². The van der Waals surface area contributed by atoms with Crippen LogP contribution in [-0.2, 0) is 19.4 Å². The summed E-state index contributed by atoms with van der Waals surface area (Å²) in [5.74, 6) is 0. The number of nitrogens with one attached hydrogen (secondary N) is 2. The number of carbonyl (C=O) groups excluding carboxylic acids is 1. The molecule has 1 atom stereocenters. The molecule has 2 amide bonds. The molecule has 2 aromatic carbocycles. The fourth-order valence-electron chi connectivity index (χ4n) is 2.90. The maximum atomic E-state index is 12.1. The van der Waals surface area contributed by atoms with Crippen LogP contribution in [0.15, 0.2) is 48.5 Å². The molecular formula is C18H21N3O. The molecule has 1 unspecified atom stereocenters. The van der Waals surface area contributed by atoms with E-state index in [-0.39, 0.29) is 12.1 Å². The Labute approximate surface area is 130 Å². The van der Waals surface area contributed by atoms with Crippen LogP contribution in [0.4, 0.5) is 10.5 Å². The number of hydrogen-bond acceptors (Lipinski definition) is 2. The summed E-state index contributed by atoms with van der Waals surface area (Å²) in [4.78, 5) is 12.1. The minimum absolute atomic E-state index is 0.148. The van der Waals surface area contributed by atoms with Crippen LogP contribution in [0.2, 0.25) is 0 Å². The first kappa shape index (κ1) is 14.6. The van der Waals surface area contributed by atoms with Gasteiger partial charge in [0, 0.05) is 18.3 Å². The van der Waals surface area contributed by atoms with Gasteiger partial charge in [0.2, 0.25) is 0 Å². The average Bonchev–Trinajstić information content (AvgIpc) is 2.55. The summed E-state index contributed by atoms with van der Waals surface area (Å²) >= 11 is 0. The molecule has 0 saturated carbocycles. The highest BCUT2D eigenvalue weighted by atomic mass is 16.2. The van der Waals surface area contributed by atoms with Crippen molar-refractivity contribution in [3.05, 3.63) is 65.2 Å². The SMILES string of the molecule is NCc1ccc(NC(=O)NC2CCc3ccccc3C2)cc1. The van der Waals surface area contributed by atoms with Crippen molar-refractivity contribution in [1.29, 1.82) is 0 Å². The molecule has 0 saturated heterocycles. The molecule has 0 radical (unpaired) electrons. The number of rotatable bonds is 3. The molecule has 114 valence electrons. The van der Waals surface area contributed by atoms with Gasteiger partial charge in [0.25, 0.3) is 0 Å². The third kappa shape index (κ3) is 3.46. The van der Waals surface area contributed by atoms with Gasteiger partial charge in [-0.15, -0.1) is 0 Å². The number of aryl methyl sites for hydroxylation is 1. The van der Waals surface area contributed by atoms with Crippen molar-refractivity contribution in [2.45, 2.75) is 31.8 Å². The maximum Gasteiger partial charge on any atom is 0.319 e. The van der Waals surface area contributed by atoms with Gasteiger partial charge in [-0.2, -0.15) is 0 Å². The van der Waals surface area contributed by atoms with Crippen molar-refractivity contribution in [2.75, 3.05) is 5.32 Å². The van der Waals surface area contributed by atoms with Gasteiger partial charge in [0.1, 0.15) is 0 Å². The number of fused-ring (bicyclic) bond motifs is 1. The highest BCUT2D eigenvalue weighted by Crippen LogP contribution is 2.21. The lowest BCUT2D eigenvalue weighted by molar-refractivity contribution is 0.247. The second-order valence-electron chi connectivity index (χ2n) is 5.71. The van der Waals surface area contributed by atoms with Crippen LogP contribution in [0.3, 0.4) is 0 Å². The number of amides is 2. The predicted octanol–water partition coefficient (Wildman–Crippen LogP) is 2.82. The third-order valence-corrected chi connectivity index (χ3v) is 4.13. The Hall–Kier alpha value is -2.33. The van der Waals surface area contributed by atoms with Crippen molar-refractivity contribution in [2.24, 2.45) is 5.73 Å². The molecule has 1 aliphatic carbocycles. The summed E-state index contributed by atoms with van der Waals surface area (Å²) < 4.78 is 0. The molecule has 4 N–H and O–H groups in total. The van der Waals surface area contributed by atoms with Gasteiger partial charge in [0.05, 0.1) is 0 Å². The Bertz CT molecular complexity index is 652. The average molecular weight is 295 g/mol. The van der Waals surface area contributed by atoms with Crippen LogP contribution < -0.4 is 16.4 Å². The maximum absolute atomic E-state index is 12.1. The van der Waals surface area contributed by atoms with Gasteiger partial charge >= 0.3 is 6.03 Å². The van der Waals surface area contributed by atoms with Crippen molar-refractivity contribution in [1.82, 2.24) is 5.32 Å². The molecule has 2 aromatic rings. The highest BCUT2D eigenvalue weighted by Gasteiger charge is 2.19. The van der Waals surface area contributed by atoms with E-state index in [1.807, 2.05) is 24.3 Å². The number of carbonyl (C=O) groups is 1. The first-order valence-electron chi connectivity index (χ1n) is 7.68. The van der Waals surface area contributed by atoms with Crippen molar-refractivity contribution < 1.29 is 4.79 Å². The molecule has 0 bridgehead atoms. The number of nitrogens with two attached hydrogens (primary N) is 1. The third-order valence-electron chi connectivity index (χ3n) is 4.13.